The van der Waals surface area contributed by atoms with Crippen molar-refractivity contribution in [3.8, 4) is 17.1 Å². The number of ether oxygens (including phenoxy) is 2. The van der Waals surface area contributed by atoms with Crippen molar-refractivity contribution in [1.29, 1.82) is 0 Å². The zero-order valence-corrected chi connectivity index (χ0v) is 23.3. The van der Waals surface area contributed by atoms with Gasteiger partial charge in [-0.3, -0.25) is 9.36 Å². The Balaban J connectivity index is 1.63. The first-order valence-corrected chi connectivity index (χ1v) is 13.4. The van der Waals surface area contributed by atoms with Crippen LogP contribution in [-0.4, -0.2) is 24.3 Å². The number of carbonyl (C=O) groups excluding carboxylic acids is 1. The lowest BCUT2D eigenvalue weighted by atomic mass is 9.96. The van der Waals surface area contributed by atoms with E-state index in [1.807, 2.05) is 12.1 Å². The first-order valence-electron chi connectivity index (χ1n) is 11.8. The largest absolute Gasteiger partial charge is 0.497 e. The number of hydrogen-bond donors (Lipinski definition) is 0. The smallest absolute Gasteiger partial charge is 0.338 e. The quantitative estimate of drug-likeness (QED) is 0.212. The summed E-state index contributed by atoms with van der Waals surface area (Å²) in [4.78, 5) is 31.9. The van der Waals surface area contributed by atoms with Crippen LogP contribution in [0.1, 0.15) is 24.3 Å². The van der Waals surface area contributed by atoms with Crippen LogP contribution >= 0.6 is 34.5 Å². The maximum atomic E-state index is 13.8. The molecule has 7 nitrogen and oxygen atoms in total. The van der Waals surface area contributed by atoms with Crippen LogP contribution in [0.5, 0.6) is 5.75 Å². The summed E-state index contributed by atoms with van der Waals surface area (Å²) in [5.74, 6) is 1.05. The summed E-state index contributed by atoms with van der Waals surface area (Å²) in [7, 11) is 1.57. The third-order valence-electron chi connectivity index (χ3n) is 6.10. The topological polar surface area (TPSA) is 83.0 Å². The molecule has 0 spiro atoms. The van der Waals surface area contributed by atoms with Crippen LogP contribution in [0.4, 0.5) is 0 Å². The Labute approximate surface area is 237 Å². The van der Waals surface area contributed by atoms with Gasteiger partial charge in [-0.2, -0.15) is 0 Å². The fourth-order valence-electron chi connectivity index (χ4n) is 4.29. The van der Waals surface area contributed by atoms with Gasteiger partial charge < -0.3 is 13.9 Å². The minimum Gasteiger partial charge on any atom is -0.497 e. The molecule has 5 rings (SSSR count). The van der Waals surface area contributed by atoms with Crippen molar-refractivity contribution in [3.63, 3.8) is 0 Å². The van der Waals surface area contributed by atoms with Gasteiger partial charge in [0.05, 0.1) is 34.0 Å². The standard InChI is InChI=1S/C29H22Cl2N2O5S/c1-4-13-37-28(35)25-16(2)32-29-33(26(25)17-5-8-19(36-3)9-6-17)27(34)24(39-29)15-20-10-12-23(38-20)21-14-18(30)7-11-22(21)31/h4-12,14-15,26H,1,13H2,2-3H3/b24-15-. The maximum Gasteiger partial charge on any atom is 0.338 e. The number of nitrogens with zero attached hydrogens (tertiary/aromatic N) is 2. The second kappa shape index (κ2) is 11.1. The molecule has 4 aromatic rings. The number of carbonyl (C=O) groups is 1. The second-order valence-electron chi connectivity index (χ2n) is 8.57. The van der Waals surface area contributed by atoms with Crippen molar-refractivity contribution in [2.75, 3.05) is 13.7 Å². The lowest BCUT2D eigenvalue weighted by molar-refractivity contribution is -0.138. The van der Waals surface area contributed by atoms with E-state index in [1.165, 1.54) is 22.0 Å². The molecule has 3 heterocycles. The van der Waals surface area contributed by atoms with Crippen molar-refractivity contribution >= 4 is 46.6 Å². The number of allylic oxidation sites excluding steroid dienone is 1. The zero-order valence-electron chi connectivity index (χ0n) is 20.9. The van der Waals surface area contributed by atoms with Gasteiger partial charge in [-0.05, 0) is 55.0 Å². The van der Waals surface area contributed by atoms with Crippen LogP contribution in [-0.2, 0) is 9.53 Å². The average Bonchev–Trinajstić information content (AvgIpc) is 3.52. The molecule has 0 radical (unpaired) electrons. The molecule has 1 atom stereocenters. The second-order valence-corrected chi connectivity index (χ2v) is 10.4. The number of rotatable bonds is 7. The number of halogens is 2. The van der Waals surface area contributed by atoms with Crippen LogP contribution in [0, 0.1) is 0 Å². The lowest BCUT2D eigenvalue weighted by Gasteiger charge is -2.24. The number of thiazole rings is 1. The van der Waals surface area contributed by atoms with Crippen molar-refractivity contribution < 1.29 is 18.7 Å². The number of methoxy groups -OCH3 is 1. The third-order valence-corrected chi connectivity index (χ3v) is 7.65. The Morgan fingerprint density at radius 3 is 2.67 bits per heavy atom. The van der Waals surface area contributed by atoms with Crippen molar-refractivity contribution in [2.24, 2.45) is 4.99 Å². The summed E-state index contributed by atoms with van der Waals surface area (Å²) in [5, 5.41) is 1.02. The molecule has 0 fully saturated rings. The summed E-state index contributed by atoms with van der Waals surface area (Å²) in [5.41, 5.74) is 1.77. The van der Waals surface area contributed by atoms with E-state index in [9.17, 15) is 9.59 Å². The van der Waals surface area contributed by atoms with Crippen molar-refractivity contribution in [1.82, 2.24) is 4.57 Å². The molecule has 0 bridgehead atoms. The van der Waals surface area contributed by atoms with Gasteiger partial charge in [0.25, 0.3) is 5.56 Å². The molecule has 10 heteroatoms. The number of furan rings is 1. The molecule has 1 unspecified atom stereocenters. The Bertz CT molecular complexity index is 1800. The SMILES string of the molecule is C=CCOC(=O)C1=C(C)N=c2s/c(=C\c3ccc(-c4cc(Cl)ccc4Cl)o3)c(=O)n2C1c1ccc(OC)cc1. The van der Waals surface area contributed by atoms with Gasteiger partial charge in [0, 0.05) is 16.7 Å². The van der Waals surface area contributed by atoms with Crippen LogP contribution < -0.4 is 19.6 Å². The molecule has 0 N–H and O–H groups in total. The number of hydrogen-bond acceptors (Lipinski definition) is 7. The third kappa shape index (κ3) is 5.23. The molecule has 198 valence electrons. The van der Waals surface area contributed by atoms with E-state index in [4.69, 9.17) is 37.1 Å². The highest BCUT2D eigenvalue weighted by atomic mass is 35.5. The number of benzene rings is 2. The molecule has 0 amide bonds. The minimum absolute atomic E-state index is 0.0346. The van der Waals surface area contributed by atoms with Gasteiger partial charge in [0.1, 0.15) is 23.9 Å². The van der Waals surface area contributed by atoms with E-state index in [0.29, 0.717) is 53.5 Å². The molecule has 0 aliphatic carbocycles. The molecular weight excluding hydrogens is 559 g/mol. The lowest BCUT2D eigenvalue weighted by Crippen LogP contribution is -2.39. The average molecular weight is 581 g/mol. The fraction of sp³-hybridized carbons (Fsp3) is 0.138. The normalized spacial score (nSPS) is 15.1. The molecule has 2 aromatic heterocycles. The summed E-state index contributed by atoms with van der Waals surface area (Å²) in [6.07, 6.45) is 3.13. The highest BCUT2D eigenvalue weighted by Gasteiger charge is 2.33. The molecule has 2 aromatic carbocycles. The van der Waals surface area contributed by atoms with Crippen molar-refractivity contribution in [3.05, 3.63) is 120 Å². The highest BCUT2D eigenvalue weighted by molar-refractivity contribution is 7.07. The first-order chi connectivity index (χ1) is 18.8. The number of fused-ring (bicyclic) bond motifs is 1. The molecule has 1 aliphatic heterocycles. The van der Waals surface area contributed by atoms with E-state index in [2.05, 4.69) is 11.6 Å². The van der Waals surface area contributed by atoms with Crippen LogP contribution in [0.2, 0.25) is 10.0 Å². The maximum absolute atomic E-state index is 13.8. The summed E-state index contributed by atoms with van der Waals surface area (Å²) >= 11 is 13.7. The Morgan fingerprint density at radius 1 is 1.18 bits per heavy atom. The summed E-state index contributed by atoms with van der Waals surface area (Å²) < 4.78 is 18.5. The number of aromatic nitrogens is 1. The monoisotopic (exact) mass is 580 g/mol. The van der Waals surface area contributed by atoms with Crippen molar-refractivity contribution in [2.45, 2.75) is 13.0 Å². The predicted octanol–water partition coefficient (Wildman–Crippen LogP) is 5.54. The zero-order chi connectivity index (χ0) is 27.7. The summed E-state index contributed by atoms with van der Waals surface area (Å²) in [6.45, 7) is 5.37. The predicted molar refractivity (Wildman–Crippen MR) is 152 cm³/mol. The molecule has 1 aliphatic rings. The van der Waals surface area contributed by atoms with Gasteiger partial charge in [0.15, 0.2) is 4.80 Å². The summed E-state index contributed by atoms with van der Waals surface area (Å²) in [6, 6.07) is 15.0. The fourth-order valence-corrected chi connectivity index (χ4v) is 5.70. The minimum atomic E-state index is -0.746. The molecule has 39 heavy (non-hydrogen) atoms. The van der Waals surface area contributed by atoms with Gasteiger partial charge in [-0.1, -0.05) is 59.3 Å². The van der Waals surface area contributed by atoms with E-state index in [1.54, 1.807) is 62.6 Å². The van der Waals surface area contributed by atoms with Gasteiger partial charge in [-0.15, -0.1) is 0 Å². The molecule has 0 saturated carbocycles. The van der Waals surface area contributed by atoms with E-state index >= 15 is 0 Å². The van der Waals surface area contributed by atoms with E-state index < -0.39 is 12.0 Å². The van der Waals surface area contributed by atoms with Gasteiger partial charge >= 0.3 is 5.97 Å². The molecular formula is C29H22Cl2N2O5S. The van der Waals surface area contributed by atoms with Crippen LogP contribution in [0.3, 0.4) is 0 Å². The van der Waals surface area contributed by atoms with Gasteiger partial charge in [0.2, 0.25) is 0 Å². The first kappa shape index (κ1) is 26.7. The van der Waals surface area contributed by atoms with E-state index in [0.717, 1.165) is 0 Å². The van der Waals surface area contributed by atoms with Gasteiger partial charge in [-0.25, -0.2) is 9.79 Å². The Morgan fingerprint density at radius 2 is 1.95 bits per heavy atom. The highest BCUT2D eigenvalue weighted by Crippen LogP contribution is 2.33. The van der Waals surface area contributed by atoms with E-state index in [-0.39, 0.29) is 17.7 Å². The number of esters is 1. The Kier molecular flexibility index (Phi) is 7.61. The molecule has 0 saturated heterocycles. The Hall–Kier alpha value is -3.85. The van der Waals surface area contributed by atoms with Crippen LogP contribution in [0.15, 0.2) is 92.7 Å². The van der Waals surface area contributed by atoms with Crippen LogP contribution in [0.25, 0.3) is 17.4 Å².